The van der Waals surface area contributed by atoms with E-state index in [-0.39, 0.29) is 46.6 Å². The Balaban J connectivity index is 1.49. The smallest absolute Gasteiger partial charge is 0.227 e. The second-order valence-electron chi connectivity index (χ2n) is 12.4. The first-order chi connectivity index (χ1) is 16.3. The molecule has 1 amide bonds. The summed E-state index contributed by atoms with van der Waals surface area (Å²) in [5.41, 5.74) is 1.54. The summed E-state index contributed by atoms with van der Waals surface area (Å²) in [4.78, 5) is 34.3. The third kappa shape index (κ3) is 5.82. The van der Waals surface area contributed by atoms with E-state index >= 15 is 0 Å². The summed E-state index contributed by atoms with van der Waals surface area (Å²) in [6, 6.07) is 1.98. The van der Waals surface area contributed by atoms with Crippen molar-refractivity contribution in [2.75, 3.05) is 5.32 Å². The lowest BCUT2D eigenvalue weighted by molar-refractivity contribution is -0.125. The fourth-order valence-corrected chi connectivity index (χ4v) is 5.74. The molecule has 192 valence electrons. The van der Waals surface area contributed by atoms with Crippen molar-refractivity contribution in [3.63, 3.8) is 0 Å². The number of anilines is 1. The topological polar surface area (TPSA) is 113 Å². The zero-order valence-corrected chi connectivity index (χ0v) is 22.2. The standard InChI is InChI=1S/C26H41N7O2/c1-15(34)29-20-12-16(31-26(5,6)7)8-9-17(20)18-10-11-19(23(18)35)30-24-28-14-27-22-13-21(25(2,3)4)32-33(22)24/h13-14,16-20,31H,8-12H2,1-7H3,(H,29,34)(H,27,28,30)/t16-,17?,18-,19?,20-/m1/s1. The van der Waals surface area contributed by atoms with Gasteiger partial charge in [0.1, 0.15) is 6.33 Å². The number of fused-ring (bicyclic) bond motifs is 1. The van der Waals surface area contributed by atoms with Crippen molar-refractivity contribution in [3.05, 3.63) is 18.1 Å². The van der Waals surface area contributed by atoms with Crippen LogP contribution in [0.15, 0.2) is 12.4 Å². The molecule has 3 N–H and O–H groups in total. The van der Waals surface area contributed by atoms with Gasteiger partial charge in [-0.1, -0.05) is 20.8 Å². The summed E-state index contributed by atoms with van der Waals surface area (Å²) in [5.74, 6) is 0.802. The number of ketones is 1. The molecule has 4 rings (SSSR count). The van der Waals surface area contributed by atoms with Crippen molar-refractivity contribution in [1.82, 2.24) is 30.2 Å². The van der Waals surface area contributed by atoms with Crippen LogP contribution in [0.2, 0.25) is 0 Å². The molecule has 0 aromatic carbocycles. The zero-order valence-electron chi connectivity index (χ0n) is 22.2. The second-order valence-corrected chi connectivity index (χ2v) is 12.4. The van der Waals surface area contributed by atoms with E-state index < -0.39 is 0 Å². The molecule has 35 heavy (non-hydrogen) atoms. The highest BCUT2D eigenvalue weighted by Crippen LogP contribution is 2.39. The molecule has 2 unspecified atom stereocenters. The summed E-state index contributed by atoms with van der Waals surface area (Å²) in [6.07, 6.45) is 5.85. The number of aromatic nitrogens is 4. The number of hydrogen-bond donors (Lipinski definition) is 3. The predicted octanol–water partition coefficient (Wildman–Crippen LogP) is 3.24. The highest BCUT2D eigenvalue weighted by Gasteiger charge is 2.45. The van der Waals surface area contributed by atoms with Crippen LogP contribution in [0.25, 0.3) is 5.65 Å². The quantitative estimate of drug-likeness (QED) is 0.598. The van der Waals surface area contributed by atoms with E-state index in [1.165, 1.54) is 6.33 Å². The molecule has 0 spiro atoms. The number of Topliss-reactive ketones (excluding diaryl/α,β-unsaturated/α-hetero) is 1. The Morgan fingerprint density at radius 3 is 2.46 bits per heavy atom. The van der Waals surface area contributed by atoms with E-state index in [1.54, 1.807) is 11.4 Å². The number of hydrogen-bond acceptors (Lipinski definition) is 7. The van der Waals surface area contributed by atoms with Crippen molar-refractivity contribution in [1.29, 1.82) is 0 Å². The molecule has 2 aromatic rings. The number of rotatable bonds is 5. The first kappa shape index (κ1) is 25.5. The third-order valence-corrected chi connectivity index (χ3v) is 7.25. The van der Waals surface area contributed by atoms with Crippen LogP contribution < -0.4 is 16.0 Å². The Labute approximate surface area is 208 Å². The van der Waals surface area contributed by atoms with Crippen molar-refractivity contribution in [2.45, 2.75) is 110 Å². The molecule has 2 aromatic heterocycles. The van der Waals surface area contributed by atoms with Gasteiger partial charge in [-0.3, -0.25) is 9.59 Å². The molecular weight excluding hydrogens is 442 g/mol. The molecule has 2 aliphatic carbocycles. The Hall–Kier alpha value is -2.55. The molecule has 0 saturated heterocycles. The molecule has 2 aliphatic rings. The number of nitrogens with zero attached hydrogens (tertiary/aromatic N) is 4. The van der Waals surface area contributed by atoms with Gasteiger partial charge in [0, 0.05) is 41.9 Å². The van der Waals surface area contributed by atoms with Gasteiger partial charge in [0.25, 0.3) is 0 Å². The highest BCUT2D eigenvalue weighted by atomic mass is 16.1. The van der Waals surface area contributed by atoms with Crippen LogP contribution in [0.4, 0.5) is 5.95 Å². The minimum absolute atomic E-state index is 0.0000151. The monoisotopic (exact) mass is 483 g/mol. The normalized spacial score (nSPS) is 27.9. The summed E-state index contributed by atoms with van der Waals surface area (Å²) >= 11 is 0. The van der Waals surface area contributed by atoms with E-state index in [4.69, 9.17) is 5.10 Å². The van der Waals surface area contributed by atoms with Gasteiger partial charge < -0.3 is 16.0 Å². The van der Waals surface area contributed by atoms with Crippen LogP contribution in [0.5, 0.6) is 0 Å². The van der Waals surface area contributed by atoms with Crippen molar-refractivity contribution < 1.29 is 9.59 Å². The van der Waals surface area contributed by atoms with E-state index in [1.807, 2.05) is 6.07 Å². The van der Waals surface area contributed by atoms with Gasteiger partial charge >= 0.3 is 0 Å². The molecule has 0 radical (unpaired) electrons. The van der Waals surface area contributed by atoms with Crippen molar-refractivity contribution >= 4 is 23.3 Å². The van der Waals surface area contributed by atoms with Crippen molar-refractivity contribution in [2.24, 2.45) is 11.8 Å². The molecular formula is C26H41N7O2. The third-order valence-electron chi connectivity index (χ3n) is 7.25. The molecule has 0 bridgehead atoms. The molecule has 2 saturated carbocycles. The maximum atomic E-state index is 13.6. The summed E-state index contributed by atoms with van der Waals surface area (Å²) in [6.45, 7) is 14.4. The summed E-state index contributed by atoms with van der Waals surface area (Å²) in [7, 11) is 0. The van der Waals surface area contributed by atoms with Gasteiger partial charge in [-0.25, -0.2) is 9.97 Å². The zero-order chi connectivity index (χ0) is 25.5. The molecule has 2 heterocycles. The Morgan fingerprint density at radius 1 is 1.06 bits per heavy atom. The maximum absolute atomic E-state index is 13.6. The highest BCUT2D eigenvalue weighted by molar-refractivity contribution is 5.91. The fraction of sp³-hybridized carbons (Fsp3) is 0.731. The van der Waals surface area contributed by atoms with Gasteiger partial charge in [-0.2, -0.15) is 9.61 Å². The minimum atomic E-state index is -0.316. The Bertz CT molecular complexity index is 1080. The molecule has 9 heteroatoms. The summed E-state index contributed by atoms with van der Waals surface area (Å²) in [5, 5.41) is 14.9. The van der Waals surface area contributed by atoms with E-state index in [2.05, 4.69) is 67.5 Å². The number of carbonyl (C=O) groups excluding carboxylic acids is 2. The lowest BCUT2D eigenvalue weighted by atomic mass is 9.73. The minimum Gasteiger partial charge on any atom is -0.353 e. The predicted molar refractivity (Wildman–Crippen MR) is 136 cm³/mol. The van der Waals surface area contributed by atoms with Gasteiger partial charge in [0.05, 0.1) is 11.7 Å². The van der Waals surface area contributed by atoms with E-state index in [9.17, 15) is 9.59 Å². The maximum Gasteiger partial charge on any atom is 0.227 e. The molecule has 5 atom stereocenters. The largest absolute Gasteiger partial charge is 0.353 e. The van der Waals surface area contributed by atoms with Gasteiger partial charge in [0.2, 0.25) is 11.9 Å². The van der Waals surface area contributed by atoms with Gasteiger partial charge in [0.15, 0.2) is 11.4 Å². The number of amides is 1. The second kappa shape index (κ2) is 9.48. The van der Waals surface area contributed by atoms with Crippen LogP contribution in [0.3, 0.4) is 0 Å². The fourth-order valence-electron chi connectivity index (χ4n) is 5.74. The first-order valence-corrected chi connectivity index (χ1v) is 12.9. The number of nitrogens with one attached hydrogen (secondary N) is 3. The average Bonchev–Trinajstić information content (AvgIpc) is 3.32. The molecule has 0 aliphatic heterocycles. The SMILES string of the molecule is CC(=O)N[C@@H]1C[C@H](NC(C)(C)C)CCC1[C@H]1CCC(Nc2ncnc3cc(C(C)(C)C)nn23)C1=O. The van der Waals surface area contributed by atoms with E-state index in [0.717, 1.165) is 37.8 Å². The Morgan fingerprint density at radius 2 is 1.80 bits per heavy atom. The van der Waals surface area contributed by atoms with E-state index in [0.29, 0.717) is 17.6 Å². The Kier molecular flexibility index (Phi) is 6.92. The van der Waals surface area contributed by atoms with Crippen LogP contribution in [0.1, 0.15) is 86.3 Å². The summed E-state index contributed by atoms with van der Waals surface area (Å²) < 4.78 is 1.70. The lowest BCUT2D eigenvalue weighted by Crippen LogP contribution is -2.54. The van der Waals surface area contributed by atoms with Crippen LogP contribution >= 0.6 is 0 Å². The first-order valence-electron chi connectivity index (χ1n) is 12.9. The molecule has 2 fully saturated rings. The van der Waals surface area contributed by atoms with Crippen LogP contribution in [0, 0.1) is 11.8 Å². The van der Waals surface area contributed by atoms with Crippen LogP contribution in [-0.4, -0.2) is 54.9 Å². The average molecular weight is 484 g/mol. The van der Waals surface area contributed by atoms with Crippen LogP contribution in [-0.2, 0) is 15.0 Å². The van der Waals surface area contributed by atoms with Gasteiger partial charge in [-0.15, -0.1) is 0 Å². The lowest BCUT2D eigenvalue weighted by Gasteiger charge is -2.41. The molecule has 9 nitrogen and oxygen atoms in total. The van der Waals surface area contributed by atoms with Crippen molar-refractivity contribution in [3.8, 4) is 0 Å². The van der Waals surface area contributed by atoms with Gasteiger partial charge in [-0.05, 0) is 58.8 Å². The number of carbonyl (C=O) groups is 2.